The molecule has 1 unspecified atom stereocenters. The molecule has 0 N–H and O–H groups in total. The molecule has 3 heterocycles. The zero-order valence-corrected chi connectivity index (χ0v) is 12.0. The summed E-state index contributed by atoms with van der Waals surface area (Å²) in [4.78, 5) is 22.9. The first kappa shape index (κ1) is 13.1. The second-order valence-electron chi connectivity index (χ2n) is 4.60. The maximum Gasteiger partial charge on any atom is 0.258 e. The number of pyridine rings is 1. The molecule has 1 aliphatic rings. The SMILES string of the molecule is COc1cnccc1C(=O)N1CCCC1c1nccs1. The summed E-state index contributed by atoms with van der Waals surface area (Å²) in [6, 6.07) is 1.79. The Morgan fingerprint density at radius 3 is 3.15 bits per heavy atom. The van der Waals surface area contributed by atoms with Gasteiger partial charge in [-0.1, -0.05) is 0 Å². The van der Waals surface area contributed by atoms with Crippen LogP contribution in [0.25, 0.3) is 0 Å². The monoisotopic (exact) mass is 289 g/mol. The van der Waals surface area contributed by atoms with Crippen LogP contribution in [-0.4, -0.2) is 34.4 Å². The maximum atomic E-state index is 12.7. The summed E-state index contributed by atoms with van der Waals surface area (Å²) in [5, 5.41) is 2.95. The fourth-order valence-corrected chi connectivity index (χ4v) is 3.32. The van der Waals surface area contributed by atoms with Gasteiger partial charge in [0.1, 0.15) is 10.8 Å². The van der Waals surface area contributed by atoms with Gasteiger partial charge in [0.2, 0.25) is 0 Å². The number of carbonyl (C=O) groups is 1. The molecule has 1 amide bonds. The topological polar surface area (TPSA) is 55.3 Å². The zero-order valence-electron chi connectivity index (χ0n) is 11.2. The third kappa shape index (κ3) is 2.27. The van der Waals surface area contributed by atoms with E-state index in [9.17, 15) is 4.79 Å². The first-order valence-electron chi connectivity index (χ1n) is 6.49. The molecule has 1 fully saturated rings. The molecule has 1 atom stereocenters. The van der Waals surface area contributed by atoms with E-state index < -0.39 is 0 Å². The van der Waals surface area contributed by atoms with Gasteiger partial charge in [0, 0.05) is 24.3 Å². The van der Waals surface area contributed by atoms with Crippen molar-refractivity contribution in [1.29, 1.82) is 0 Å². The van der Waals surface area contributed by atoms with E-state index in [1.165, 1.54) is 0 Å². The number of amides is 1. The van der Waals surface area contributed by atoms with Crippen molar-refractivity contribution in [2.75, 3.05) is 13.7 Å². The van der Waals surface area contributed by atoms with E-state index in [1.54, 1.807) is 43.1 Å². The Labute approximate surface area is 121 Å². The Hall–Kier alpha value is -1.95. The van der Waals surface area contributed by atoms with Crippen molar-refractivity contribution >= 4 is 17.2 Å². The Kier molecular flexibility index (Phi) is 3.64. The molecule has 20 heavy (non-hydrogen) atoms. The standard InChI is InChI=1S/C14H15N3O2S/c1-19-12-9-15-5-4-10(12)14(18)17-7-2-3-11(17)13-16-6-8-20-13/h4-6,8-9,11H,2-3,7H2,1H3. The Morgan fingerprint density at radius 2 is 2.40 bits per heavy atom. The van der Waals surface area contributed by atoms with Crippen molar-refractivity contribution in [3.8, 4) is 5.75 Å². The minimum absolute atomic E-state index is 0.0121. The third-order valence-electron chi connectivity index (χ3n) is 3.48. The number of nitrogens with zero attached hydrogens (tertiary/aromatic N) is 3. The summed E-state index contributed by atoms with van der Waals surface area (Å²) in [7, 11) is 1.55. The summed E-state index contributed by atoms with van der Waals surface area (Å²) in [6.07, 6.45) is 6.94. The van der Waals surface area contributed by atoms with Crippen LogP contribution in [0.15, 0.2) is 30.0 Å². The van der Waals surface area contributed by atoms with Gasteiger partial charge in [-0.3, -0.25) is 9.78 Å². The number of aromatic nitrogens is 2. The van der Waals surface area contributed by atoms with Crippen LogP contribution >= 0.6 is 11.3 Å². The van der Waals surface area contributed by atoms with Crippen LogP contribution in [0.3, 0.4) is 0 Å². The molecule has 0 radical (unpaired) electrons. The molecule has 1 saturated heterocycles. The molecule has 3 rings (SSSR count). The van der Waals surface area contributed by atoms with Crippen LogP contribution in [0.4, 0.5) is 0 Å². The first-order valence-corrected chi connectivity index (χ1v) is 7.37. The zero-order chi connectivity index (χ0) is 13.9. The van der Waals surface area contributed by atoms with Crippen molar-refractivity contribution < 1.29 is 9.53 Å². The van der Waals surface area contributed by atoms with E-state index >= 15 is 0 Å². The molecule has 2 aromatic rings. The lowest BCUT2D eigenvalue weighted by molar-refractivity contribution is 0.0732. The number of carbonyl (C=O) groups excluding carboxylic acids is 1. The van der Waals surface area contributed by atoms with Crippen molar-refractivity contribution in [1.82, 2.24) is 14.9 Å². The summed E-state index contributed by atoms with van der Waals surface area (Å²) >= 11 is 1.60. The summed E-state index contributed by atoms with van der Waals surface area (Å²) in [5.41, 5.74) is 0.561. The lowest BCUT2D eigenvalue weighted by Gasteiger charge is -2.23. The number of likely N-dealkylation sites (tertiary alicyclic amines) is 1. The molecule has 104 valence electrons. The minimum atomic E-state index is -0.0121. The lowest BCUT2D eigenvalue weighted by Crippen LogP contribution is -2.30. The van der Waals surface area contributed by atoms with E-state index in [4.69, 9.17) is 4.74 Å². The van der Waals surface area contributed by atoms with Gasteiger partial charge in [-0.2, -0.15) is 0 Å². The lowest BCUT2D eigenvalue weighted by atomic mass is 10.2. The van der Waals surface area contributed by atoms with Crippen molar-refractivity contribution in [2.45, 2.75) is 18.9 Å². The predicted octanol–water partition coefficient (Wildman–Crippen LogP) is 2.52. The van der Waals surface area contributed by atoms with Crippen LogP contribution in [0.1, 0.15) is 34.2 Å². The molecular weight excluding hydrogens is 274 g/mol. The van der Waals surface area contributed by atoms with Gasteiger partial charge < -0.3 is 9.64 Å². The Morgan fingerprint density at radius 1 is 1.50 bits per heavy atom. The highest BCUT2D eigenvalue weighted by Crippen LogP contribution is 2.35. The highest BCUT2D eigenvalue weighted by Gasteiger charge is 2.33. The summed E-state index contributed by atoms with van der Waals surface area (Å²) in [5.74, 6) is 0.504. The fraction of sp³-hybridized carbons (Fsp3) is 0.357. The highest BCUT2D eigenvalue weighted by atomic mass is 32.1. The van der Waals surface area contributed by atoms with Gasteiger partial charge in [0.05, 0.1) is 24.9 Å². The van der Waals surface area contributed by atoms with Crippen LogP contribution in [0.2, 0.25) is 0 Å². The van der Waals surface area contributed by atoms with Gasteiger partial charge in [0.25, 0.3) is 5.91 Å². The number of hydrogen-bond acceptors (Lipinski definition) is 5. The molecule has 6 heteroatoms. The smallest absolute Gasteiger partial charge is 0.258 e. The number of rotatable bonds is 3. The Balaban J connectivity index is 1.90. The van der Waals surface area contributed by atoms with Crippen LogP contribution < -0.4 is 4.74 Å². The highest BCUT2D eigenvalue weighted by molar-refractivity contribution is 7.09. The molecule has 0 bridgehead atoms. The van der Waals surface area contributed by atoms with E-state index in [2.05, 4.69) is 9.97 Å². The first-order chi connectivity index (χ1) is 9.81. The molecule has 0 spiro atoms. The van der Waals surface area contributed by atoms with Gasteiger partial charge in [-0.15, -0.1) is 11.3 Å². The summed E-state index contributed by atoms with van der Waals surface area (Å²) < 4.78 is 5.23. The number of ether oxygens (including phenoxy) is 1. The molecule has 1 aliphatic heterocycles. The van der Waals surface area contributed by atoms with Gasteiger partial charge in [-0.05, 0) is 18.9 Å². The molecule has 0 saturated carbocycles. The average molecular weight is 289 g/mol. The normalized spacial score (nSPS) is 18.2. The second kappa shape index (κ2) is 5.58. The summed E-state index contributed by atoms with van der Waals surface area (Å²) in [6.45, 7) is 0.758. The van der Waals surface area contributed by atoms with Gasteiger partial charge in [0.15, 0.2) is 0 Å². The van der Waals surface area contributed by atoms with Crippen LogP contribution in [0, 0.1) is 0 Å². The van der Waals surface area contributed by atoms with Crippen LogP contribution in [0.5, 0.6) is 5.75 Å². The number of hydrogen-bond donors (Lipinski definition) is 0. The predicted molar refractivity (Wildman–Crippen MR) is 75.9 cm³/mol. The van der Waals surface area contributed by atoms with Crippen LogP contribution in [-0.2, 0) is 0 Å². The second-order valence-corrected chi connectivity index (χ2v) is 5.53. The van der Waals surface area contributed by atoms with Gasteiger partial charge in [-0.25, -0.2) is 4.98 Å². The number of methoxy groups -OCH3 is 1. The van der Waals surface area contributed by atoms with Gasteiger partial charge >= 0.3 is 0 Å². The van der Waals surface area contributed by atoms with E-state index in [1.807, 2.05) is 10.3 Å². The van der Waals surface area contributed by atoms with Crippen molar-refractivity contribution in [3.63, 3.8) is 0 Å². The van der Waals surface area contributed by atoms with E-state index in [-0.39, 0.29) is 11.9 Å². The van der Waals surface area contributed by atoms with E-state index in [0.717, 1.165) is 24.4 Å². The molecule has 5 nitrogen and oxygen atoms in total. The van der Waals surface area contributed by atoms with Crippen molar-refractivity contribution in [2.24, 2.45) is 0 Å². The molecule has 2 aromatic heterocycles. The van der Waals surface area contributed by atoms with E-state index in [0.29, 0.717) is 11.3 Å². The average Bonchev–Trinajstić information content (AvgIpc) is 3.16. The molecular formula is C14H15N3O2S. The largest absolute Gasteiger partial charge is 0.494 e. The maximum absolute atomic E-state index is 12.7. The number of thiazole rings is 1. The Bertz CT molecular complexity index is 600. The quantitative estimate of drug-likeness (QED) is 0.871. The molecule has 0 aliphatic carbocycles. The third-order valence-corrected chi connectivity index (χ3v) is 4.36. The fourth-order valence-electron chi connectivity index (χ4n) is 2.54. The van der Waals surface area contributed by atoms with Crippen molar-refractivity contribution in [3.05, 3.63) is 40.6 Å². The molecule has 0 aromatic carbocycles. The minimum Gasteiger partial charge on any atom is -0.494 e.